The summed E-state index contributed by atoms with van der Waals surface area (Å²) in [4.78, 5) is 4.31. The maximum atomic E-state index is 4.31. The molecule has 0 aromatic carbocycles. The van der Waals surface area contributed by atoms with E-state index in [9.17, 15) is 0 Å². The Kier molecular flexibility index (Phi) is 3.74. The molecule has 0 aliphatic heterocycles. The van der Waals surface area contributed by atoms with Crippen LogP contribution in [0.1, 0.15) is 5.69 Å². The molecule has 0 amide bonds. The second-order valence-electron chi connectivity index (χ2n) is 3.14. The SMILES string of the molecule is Brc1ccc(CCn2cc(I)cn2)nc1. The molecule has 0 atom stereocenters. The Labute approximate surface area is 110 Å². The van der Waals surface area contributed by atoms with Gasteiger partial charge in [-0.1, -0.05) is 0 Å². The molecule has 0 N–H and O–H groups in total. The Bertz CT molecular complexity index is 438. The first-order chi connectivity index (χ1) is 7.24. The number of pyridine rings is 1. The average Bonchev–Trinajstić information content (AvgIpc) is 2.64. The van der Waals surface area contributed by atoms with Crippen molar-refractivity contribution in [1.29, 1.82) is 0 Å². The molecule has 15 heavy (non-hydrogen) atoms. The Morgan fingerprint density at radius 3 is 2.80 bits per heavy atom. The molecular formula is C10H9BrIN3. The van der Waals surface area contributed by atoms with Gasteiger partial charge >= 0.3 is 0 Å². The summed E-state index contributed by atoms with van der Waals surface area (Å²) in [7, 11) is 0. The van der Waals surface area contributed by atoms with Gasteiger partial charge in [-0.05, 0) is 50.7 Å². The number of hydrogen-bond donors (Lipinski definition) is 0. The van der Waals surface area contributed by atoms with Crippen LogP contribution in [0.5, 0.6) is 0 Å². The van der Waals surface area contributed by atoms with E-state index < -0.39 is 0 Å². The molecule has 0 bridgehead atoms. The molecule has 0 spiro atoms. The third-order valence-corrected chi connectivity index (χ3v) is 3.01. The molecule has 2 aromatic rings. The minimum Gasteiger partial charge on any atom is -0.271 e. The lowest BCUT2D eigenvalue weighted by molar-refractivity contribution is 0.608. The molecule has 3 nitrogen and oxygen atoms in total. The molecule has 2 aromatic heterocycles. The van der Waals surface area contributed by atoms with Crippen LogP contribution < -0.4 is 0 Å². The number of rotatable bonds is 3. The normalized spacial score (nSPS) is 10.5. The zero-order chi connectivity index (χ0) is 10.7. The van der Waals surface area contributed by atoms with Crippen LogP contribution in [0.25, 0.3) is 0 Å². The molecule has 0 aliphatic rings. The fourth-order valence-corrected chi connectivity index (χ4v) is 1.92. The van der Waals surface area contributed by atoms with E-state index in [1.54, 1.807) is 0 Å². The van der Waals surface area contributed by atoms with E-state index in [2.05, 4.69) is 48.6 Å². The smallest absolute Gasteiger partial charge is 0.0623 e. The highest BCUT2D eigenvalue weighted by Gasteiger charge is 1.98. The van der Waals surface area contributed by atoms with Crippen molar-refractivity contribution in [2.45, 2.75) is 13.0 Å². The van der Waals surface area contributed by atoms with Crippen LogP contribution in [0.15, 0.2) is 35.2 Å². The van der Waals surface area contributed by atoms with E-state index in [0.717, 1.165) is 26.7 Å². The van der Waals surface area contributed by atoms with E-state index in [1.165, 1.54) is 0 Å². The summed E-state index contributed by atoms with van der Waals surface area (Å²) in [5.74, 6) is 0. The summed E-state index contributed by atoms with van der Waals surface area (Å²) in [6.45, 7) is 0.873. The van der Waals surface area contributed by atoms with Gasteiger partial charge in [0.1, 0.15) is 0 Å². The molecular weight excluding hydrogens is 369 g/mol. The minimum atomic E-state index is 0.873. The van der Waals surface area contributed by atoms with Gasteiger partial charge in [-0.25, -0.2) is 0 Å². The molecule has 0 fully saturated rings. The van der Waals surface area contributed by atoms with Gasteiger partial charge in [0.25, 0.3) is 0 Å². The third-order valence-electron chi connectivity index (χ3n) is 1.99. The van der Waals surface area contributed by atoms with Crippen LogP contribution >= 0.6 is 38.5 Å². The average molecular weight is 378 g/mol. The summed E-state index contributed by atoms with van der Waals surface area (Å²) in [6.07, 6.45) is 6.61. The van der Waals surface area contributed by atoms with Gasteiger partial charge in [0.2, 0.25) is 0 Å². The van der Waals surface area contributed by atoms with E-state index in [-0.39, 0.29) is 0 Å². The van der Waals surface area contributed by atoms with E-state index in [4.69, 9.17) is 0 Å². The van der Waals surface area contributed by atoms with Gasteiger partial charge in [-0.2, -0.15) is 5.10 Å². The van der Waals surface area contributed by atoms with Gasteiger partial charge in [0.15, 0.2) is 0 Å². The van der Waals surface area contributed by atoms with Crippen LogP contribution in [0, 0.1) is 3.57 Å². The van der Waals surface area contributed by atoms with Crippen molar-refractivity contribution in [3.63, 3.8) is 0 Å². The van der Waals surface area contributed by atoms with E-state index >= 15 is 0 Å². The maximum Gasteiger partial charge on any atom is 0.0623 e. The molecule has 0 saturated heterocycles. The van der Waals surface area contributed by atoms with Crippen LogP contribution in [0.2, 0.25) is 0 Å². The van der Waals surface area contributed by atoms with Gasteiger partial charge < -0.3 is 0 Å². The Morgan fingerprint density at radius 1 is 1.33 bits per heavy atom. The van der Waals surface area contributed by atoms with Crippen molar-refractivity contribution in [3.05, 3.63) is 44.5 Å². The molecule has 78 valence electrons. The first-order valence-electron chi connectivity index (χ1n) is 4.52. The fourth-order valence-electron chi connectivity index (χ4n) is 1.24. The molecule has 0 aliphatic carbocycles. The second-order valence-corrected chi connectivity index (χ2v) is 5.30. The van der Waals surface area contributed by atoms with E-state index in [0.29, 0.717) is 0 Å². The Morgan fingerprint density at radius 2 is 2.20 bits per heavy atom. The Balaban J connectivity index is 1.96. The number of aryl methyl sites for hydroxylation is 2. The second kappa shape index (κ2) is 5.07. The third kappa shape index (κ3) is 3.27. The van der Waals surface area contributed by atoms with Crippen molar-refractivity contribution in [1.82, 2.24) is 14.8 Å². The van der Waals surface area contributed by atoms with Gasteiger partial charge in [-0.3, -0.25) is 9.67 Å². The Hall–Kier alpha value is -0.430. The van der Waals surface area contributed by atoms with Crippen molar-refractivity contribution >= 4 is 38.5 Å². The summed E-state index contributed by atoms with van der Waals surface area (Å²) < 4.78 is 4.11. The van der Waals surface area contributed by atoms with Crippen molar-refractivity contribution < 1.29 is 0 Å². The molecule has 5 heteroatoms. The van der Waals surface area contributed by atoms with Crippen LogP contribution in [0.4, 0.5) is 0 Å². The zero-order valence-corrected chi connectivity index (χ0v) is 11.6. The minimum absolute atomic E-state index is 0.873. The van der Waals surface area contributed by atoms with E-state index in [1.807, 2.05) is 35.4 Å². The van der Waals surface area contributed by atoms with Crippen molar-refractivity contribution in [3.8, 4) is 0 Å². The predicted molar refractivity (Wildman–Crippen MR) is 70.6 cm³/mol. The lowest BCUT2D eigenvalue weighted by atomic mass is 10.3. The van der Waals surface area contributed by atoms with Crippen LogP contribution in [-0.4, -0.2) is 14.8 Å². The lowest BCUT2D eigenvalue weighted by Gasteiger charge is -2.01. The predicted octanol–water partition coefficient (Wildman–Crippen LogP) is 2.89. The highest BCUT2D eigenvalue weighted by molar-refractivity contribution is 14.1. The summed E-state index contributed by atoms with van der Waals surface area (Å²) in [6, 6.07) is 4.04. The first kappa shape index (κ1) is 11.1. The standard InChI is InChI=1S/C10H9BrIN3/c11-8-1-2-10(13-5-8)3-4-15-7-9(12)6-14-15/h1-2,5-7H,3-4H2. The number of halogens is 2. The van der Waals surface area contributed by atoms with Crippen LogP contribution in [-0.2, 0) is 13.0 Å². The monoisotopic (exact) mass is 377 g/mol. The first-order valence-corrected chi connectivity index (χ1v) is 6.39. The van der Waals surface area contributed by atoms with Gasteiger partial charge in [-0.15, -0.1) is 0 Å². The number of nitrogens with zero attached hydrogens (tertiary/aromatic N) is 3. The van der Waals surface area contributed by atoms with Crippen molar-refractivity contribution in [2.75, 3.05) is 0 Å². The van der Waals surface area contributed by atoms with Gasteiger partial charge in [0, 0.05) is 35.5 Å². The highest BCUT2D eigenvalue weighted by Crippen LogP contribution is 2.08. The summed E-state index contributed by atoms with van der Waals surface area (Å²) in [5.41, 5.74) is 1.09. The number of hydrogen-bond acceptors (Lipinski definition) is 2. The maximum absolute atomic E-state index is 4.31. The molecule has 0 radical (unpaired) electrons. The molecule has 0 saturated carbocycles. The largest absolute Gasteiger partial charge is 0.271 e. The van der Waals surface area contributed by atoms with Crippen molar-refractivity contribution in [2.24, 2.45) is 0 Å². The molecule has 2 rings (SSSR count). The van der Waals surface area contributed by atoms with Gasteiger partial charge in [0.05, 0.1) is 9.77 Å². The molecule has 2 heterocycles. The summed E-state index contributed by atoms with van der Waals surface area (Å²) in [5, 5.41) is 4.22. The fraction of sp³-hybridized carbons (Fsp3) is 0.200. The molecule has 0 unspecified atom stereocenters. The number of aromatic nitrogens is 3. The quantitative estimate of drug-likeness (QED) is 0.770. The topological polar surface area (TPSA) is 30.7 Å². The van der Waals surface area contributed by atoms with Crippen LogP contribution in [0.3, 0.4) is 0 Å². The highest BCUT2D eigenvalue weighted by atomic mass is 127. The summed E-state index contributed by atoms with van der Waals surface area (Å²) >= 11 is 5.62. The lowest BCUT2D eigenvalue weighted by Crippen LogP contribution is -2.02. The zero-order valence-electron chi connectivity index (χ0n) is 7.90.